The fourth-order valence-corrected chi connectivity index (χ4v) is 2.11. The lowest BCUT2D eigenvalue weighted by atomic mass is 10.2. The summed E-state index contributed by atoms with van der Waals surface area (Å²) >= 11 is 0. The Morgan fingerprint density at radius 1 is 1.29 bits per heavy atom. The predicted octanol–water partition coefficient (Wildman–Crippen LogP) is 3.40. The number of hydrogen-bond acceptors (Lipinski definition) is 4. The van der Waals surface area contributed by atoms with Gasteiger partial charge in [0.15, 0.2) is 11.5 Å². The number of nitrogens with zero attached hydrogens (tertiary/aromatic N) is 2. The van der Waals surface area contributed by atoms with Gasteiger partial charge < -0.3 is 19.8 Å². The minimum atomic E-state index is 0.365. The Morgan fingerprint density at radius 3 is 2.52 bits per heavy atom. The number of nitrogen functional groups attached to an aromatic ring is 1. The van der Waals surface area contributed by atoms with Crippen LogP contribution in [0.25, 0.3) is 0 Å². The minimum absolute atomic E-state index is 0.365. The molecule has 0 saturated heterocycles. The third kappa shape index (κ3) is 3.11. The van der Waals surface area contributed by atoms with E-state index in [2.05, 4.69) is 19.9 Å². The number of ether oxygens (including phenoxy) is 2. The van der Waals surface area contributed by atoms with Gasteiger partial charge in [-0.3, -0.25) is 0 Å². The molecule has 0 radical (unpaired) electrons. The second-order valence-corrected chi connectivity index (χ2v) is 5.16. The van der Waals surface area contributed by atoms with Crippen molar-refractivity contribution < 1.29 is 9.47 Å². The first-order chi connectivity index (χ1) is 10.1. The van der Waals surface area contributed by atoms with Crippen LogP contribution in [0.2, 0.25) is 0 Å². The van der Waals surface area contributed by atoms with Crippen LogP contribution in [-0.4, -0.2) is 11.7 Å². The molecule has 2 aromatic rings. The van der Waals surface area contributed by atoms with E-state index in [-0.39, 0.29) is 0 Å². The van der Waals surface area contributed by atoms with Crippen LogP contribution >= 0.6 is 0 Å². The molecule has 0 aliphatic rings. The molecule has 0 saturated carbocycles. The van der Waals surface area contributed by atoms with Crippen LogP contribution in [0, 0.1) is 17.2 Å². The van der Waals surface area contributed by atoms with Crippen molar-refractivity contribution in [2.75, 3.05) is 12.8 Å². The molecule has 110 valence electrons. The molecule has 0 atom stereocenters. The highest BCUT2D eigenvalue weighted by Gasteiger charge is 2.17. The number of para-hydroxylation sites is 2. The van der Waals surface area contributed by atoms with Gasteiger partial charge in [-0.05, 0) is 18.1 Å². The van der Waals surface area contributed by atoms with Gasteiger partial charge in [-0.1, -0.05) is 26.0 Å². The first-order valence-corrected chi connectivity index (χ1v) is 6.76. The van der Waals surface area contributed by atoms with Gasteiger partial charge in [0, 0.05) is 12.6 Å². The van der Waals surface area contributed by atoms with Gasteiger partial charge >= 0.3 is 0 Å². The maximum absolute atomic E-state index is 9.23. The standard InChI is InChI=1S/C16H19N3O2/c1-11(2)10-19-12(9-17)8-13(18)16(19)21-15-7-5-4-6-14(15)20-3/h4-8,11H,10,18H2,1-3H3. The normalized spacial score (nSPS) is 10.4. The quantitative estimate of drug-likeness (QED) is 0.913. The first kappa shape index (κ1) is 14.8. The van der Waals surface area contributed by atoms with Gasteiger partial charge in [-0.15, -0.1) is 0 Å². The second-order valence-electron chi connectivity index (χ2n) is 5.16. The molecule has 21 heavy (non-hydrogen) atoms. The van der Waals surface area contributed by atoms with Crippen molar-refractivity contribution in [1.29, 1.82) is 5.26 Å². The maximum Gasteiger partial charge on any atom is 0.224 e. The maximum atomic E-state index is 9.23. The van der Waals surface area contributed by atoms with E-state index >= 15 is 0 Å². The fraction of sp³-hybridized carbons (Fsp3) is 0.312. The van der Waals surface area contributed by atoms with Crippen LogP contribution in [-0.2, 0) is 6.54 Å². The Bertz CT molecular complexity index is 669. The van der Waals surface area contributed by atoms with Crippen LogP contribution in [0.3, 0.4) is 0 Å². The van der Waals surface area contributed by atoms with E-state index in [0.717, 1.165) is 0 Å². The minimum Gasteiger partial charge on any atom is -0.493 e. The molecule has 2 rings (SSSR count). The summed E-state index contributed by atoms with van der Waals surface area (Å²) in [5, 5.41) is 9.23. The van der Waals surface area contributed by atoms with Crippen LogP contribution in [0.1, 0.15) is 19.5 Å². The van der Waals surface area contributed by atoms with Crippen LogP contribution in [0.5, 0.6) is 17.4 Å². The Kier molecular flexibility index (Phi) is 4.39. The monoisotopic (exact) mass is 285 g/mol. The summed E-state index contributed by atoms with van der Waals surface area (Å²) in [6.07, 6.45) is 0. The third-order valence-electron chi connectivity index (χ3n) is 3.01. The lowest BCUT2D eigenvalue weighted by Crippen LogP contribution is -2.08. The molecule has 5 heteroatoms. The van der Waals surface area contributed by atoms with Crippen molar-refractivity contribution in [3.8, 4) is 23.4 Å². The number of nitrogens with two attached hydrogens (primary N) is 1. The molecular weight excluding hydrogens is 266 g/mol. The van der Waals surface area contributed by atoms with E-state index in [1.54, 1.807) is 23.8 Å². The number of hydrogen-bond donors (Lipinski definition) is 1. The number of methoxy groups -OCH3 is 1. The van der Waals surface area contributed by atoms with E-state index < -0.39 is 0 Å². The van der Waals surface area contributed by atoms with Crippen molar-refractivity contribution in [3.63, 3.8) is 0 Å². The van der Waals surface area contributed by atoms with Crippen LogP contribution < -0.4 is 15.2 Å². The van der Waals surface area contributed by atoms with Crippen molar-refractivity contribution >= 4 is 5.69 Å². The van der Waals surface area contributed by atoms with Crippen molar-refractivity contribution in [3.05, 3.63) is 36.0 Å². The number of benzene rings is 1. The fourth-order valence-electron chi connectivity index (χ4n) is 2.11. The van der Waals surface area contributed by atoms with Crippen molar-refractivity contribution in [2.24, 2.45) is 5.92 Å². The molecule has 0 amide bonds. The molecule has 2 N–H and O–H groups in total. The first-order valence-electron chi connectivity index (χ1n) is 6.76. The lowest BCUT2D eigenvalue weighted by molar-refractivity contribution is 0.359. The average molecular weight is 285 g/mol. The molecule has 0 spiro atoms. The van der Waals surface area contributed by atoms with Crippen molar-refractivity contribution in [1.82, 2.24) is 4.57 Å². The second kappa shape index (κ2) is 6.23. The van der Waals surface area contributed by atoms with Gasteiger partial charge in [-0.25, -0.2) is 0 Å². The summed E-state index contributed by atoms with van der Waals surface area (Å²) in [7, 11) is 1.58. The predicted molar refractivity (Wildman–Crippen MR) is 81.5 cm³/mol. The zero-order chi connectivity index (χ0) is 15.4. The van der Waals surface area contributed by atoms with E-state index in [1.807, 2.05) is 18.2 Å². The summed E-state index contributed by atoms with van der Waals surface area (Å²) in [6.45, 7) is 4.80. The SMILES string of the molecule is COc1ccccc1Oc1c(N)cc(C#N)n1CC(C)C. The van der Waals surface area contributed by atoms with Gasteiger partial charge in [0.25, 0.3) is 0 Å². The van der Waals surface area contributed by atoms with Gasteiger partial charge in [-0.2, -0.15) is 5.26 Å². The van der Waals surface area contributed by atoms with Crippen LogP contribution in [0.15, 0.2) is 30.3 Å². The van der Waals surface area contributed by atoms with Gasteiger partial charge in [0.1, 0.15) is 11.8 Å². The number of aromatic nitrogens is 1. The summed E-state index contributed by atoms with van der Waals surface area (Å²) in [4.78, 5) is 0. The molecule has 1 aromatic heterocycles. The third-order valence-corrected chi connectivity index (χ3v) is 3.01. The zero-order valence-electron chi connectivity index (χ0n) is 12.5. The number of rotatable bonds is 5. The summed E-state index contributed by atoms with van der Waals surface area (Å²) in [6, 6.07) is 11.1. The molecule has 0 bridgehead atoms. The Balaban J connectivity index is 2.44. The Hall–Kier alpha value is -2.61. The molecule has 5 nitrogen and oxygen atoms in total. The van der Waals surface area contributed by atoms with E-state index in [9.17, 15) is 5.26 Å². The molecule has 0 fully saturated rings. The van der Waals surface area contributed by atoms with E-state index in [4.69, 9.17) is 15.2 Å². The number of anilines is 1. The van der Waals surface area contributed by atoms with E-state index in [1.165, 1.54) is 0 Å². The van der Waals surface area contributed by atoms with E-state index in [0.29, 0.717) is 41.2 Å². The average Bonchev–Trinajstić information content (AvgIpc) is 2.75. The van der Waals surface area contributed by atoms with Crippen LogP contribution in [0.4, 0.5) is 5.69 Å². The molecule has 0 unspecified atom stereocenters. The zero-order valence-corrected chi connectivity index (χ0v) is 12.5. The van der Waals surface area contributed by atoms with Crippen molar-refractivity contribution in [2.45, 2.75) is 20.4 Å². The summed E-state index contributed by atoms with van der Waals surface area (Å²) < 4.78 is 13.0. The molecule has 1 heterocycles. The highest BCUT2D eigenvalue weighted by Crippen LogP contribution is 2.36. The van der Waals surface area contributed by atoms with Gasteiger partial charge in [0.2, 0.25) is 5.88 Å². The summed E-state index contributed by atoms with van der Waals surface area (Å²) in [5.74, 6) is 2.03. The molecule has 0 aliphatic heterocycles. The largest absolute Gasteiger partial charge is 0.493 e. The topological polar surface area (TPSA) is 73.2 Å². The highest BCUT2D eigenvalue weighted by atomic mass is 16.5. The lowest BCUT2D eigenvalue weighted by Gasteiger charge is -2.15. The molecule has 1 aromatic carbocycles. The Labute approximate surface area is 124 Å². The molecule has 0 aliphatic carbocycles. The Morgan fingerprint density at radius 2 is 1.95 bits per heavy atom. The number of nitriles is 1. The van der Waals surface area contributed by atoms with Gasteiger partial charge in [0.05, 0.1) is 12.8 Å². The highest BCUT2D eigenvalue weighted by molar-refractivity contribution is 5.57. The summed E-state index contributed by atoms with van der Waals surface area (Å²) in [5.41, 5.74) is 6.93. The molecular formula is C16H19N3O2. The smallest absolute Gasteiger partial charge is 0.224 e.